The van der Waals surface area contributed by atoms with E-state index in [0.29, 0.717) is 22.3 Å². The fourth-order valence-corrected chi connectivity index (χ4v) is 3.73. The van der Waals surface area contributed by atoms with Gasteiger partial charge in [0.25, 0.3) is 5.56 Å². The highest BCUT2D eigenvalue weighted by atomic mass is 16.1. The average Bonchev–Trinajstić information content (AvgIpc) is 2.95. The average molecular weight is 360 g/mol. The third-order valence-electron chi connectivity index (χ3n) is 5.13. The molecule has 1 amide bonds. The van der Waals surface area contributed by atoms with Crippen LogP contribution in [-0.2, 0) is 18.3 Å². The summed E-state index contributed by atoms with van der Waals surface area (Å²) in [6.07, 6.45) is -0.0321. The lowest BCUT2D eigenvalue weighted by Gasteiger charge is -2.09. The highest BCUT2D eigenvalue weighted by Gasteiger charge is 2.21. The molecule has 2 N–H and O–H groups in total. The van der Waals surface area contributed by atoms with Crippen molar-refractivity contribution in [2.24, 2.45) is 12.8 Å². The van der Waals surface area contributed by atoms with Crippen molar-refractivity contribution in [2.45, 2.75) is 20.3 Å². The Hall–Kier alpha value is -3.41. The van der Waals surface area contributed by atoms with Crippen LogP contribution in [0.15, 0.2) is 47.3 Å². The van der Waals surface area contributed by atoms with Gasteiger partial charge in [0.15, 0.2) is 0 Å². The van der Waals surface area contributed by atoms with E-state index >= 15 is 0 Å². The smallest absolute Gasteiger partial charge is 0.296 e. The maximum atomic E-state index is 13.3. The molecule has 0 unspecified atom stereocenters. The van der Waals surface area contributed by atoms with Gasteiger partial charge < -0.3 is 10.3 Å². The molecule has 0 radical (unpaired) electrons. The van der Waals surface area contributed by atoms with Gasteiger partial charge in [0.1, 0.15) is 5.52 Å². The van der Waals surface area contributed by atoms with Crippen molar-refractivity contribution in [2.75, 3.05) is 0 Å². The Morgan fingerprint density at radius 1 is 1.07 bits per heavy atom. The molecule has 0 saturated carbocycles. The minimum atomic E-state index is -0.483. The first-order chi connectivity index (χ1) is 12.9. The molecule has 6 heteroatoms. The number of carbonyl (C=O) groups is 1. The zero-order chi connectivity index (χ0) is 19.3. The Bertz CT molecular complexity index is 1270. The van der Waals surface area contributed by atoms with Crippen LogP contribution in [0.2, 0.25) is 0 Å². The molecule has 0 aliphatic carbocycles. The fourth-order valence-electron chi connectivity index (χ4n) is 3.73. The van der Waals surface area contributed by atoms with Crippen LogP contribution in [-0.4, -0.2) is 20.3 Å². The molecule has 4 aromatic rings. The van der Waals surface area contributed by atoms with Crippen LogP contribution in [0.4, 0.5) is 0 Å². The van der Waals surface area contributed by atoms with Crippen molar-refractivity contribution in [1.82, 2.24) is 14.3 Å². The SMILES string of the molecule is Cc1ccc2c3c(CC(N)=O)nn(-c4ccccc4)c(=O)c3n(C)c2c1C. The predicted octanol–water partition coefficient (Wildman–Crippen LogP) is 2.52. The molecule has 6 nitrogen and oxygen atoms in total. The number of hydrogen-bond donors (Lipinski definition) is 1. The van der Waals surface area contributed by atoms with E-state index < -0.39 is 5.91 Å². The minimum Gasteiger partial charge on any atom is -0.369 e. The Morgan fingerprint density at radius 3 is 2.44 bits per heavy atom. The highest BCUT2D eigenvalue weighted by molar-refractivity contribution is 6.10. The third-order valence-corrected chi connectivity index (χ3v) is 5.13. The zero-order valence-corrected chi connectivity index (χ0v) is 15.5. The number of aryl methyl sites for hydroxylation is 3. The summed E-state index contributed by atoms with van der Waals surface area (Å²) in [5.74, 6) is -0.483. The first-order valence-corrected chi connectivity index (χ1v) is 8.74. The molecule has 0 aliphatic heterocycles. The van der Waals surface area contributed by atoms with Crippen molar-refractivity contribution in [3.05, 3.63) is 69.6 Å². The number of nitrogens with two attached hydrogens (primary N) is 1. The van der Waals surface area contributed by atoms with E-state index in [9.17, 15) is 9.59 Å². The summed E-state index contributed by atoms with van der Waals surface area (Å²) in [5, 5.41) is 6.13. The van der Waals surface area contributed by atoms with Crippen LogP contribution >= 0.6 is 0 Å². The summed E-state index contributed by atoms with van der Waals surface area (Å²) in [7, 11) is 1.88. The number of carbonyl (C=O) groups excluding carboxylic acids is 1. The van der Waals surface area contributed by atoms with Crippen LogP contribution in [0.1, 0.15) is 16.8 Å². The number of hydrogen-bond acceptors (Lipinski definition) is 3. The molecule has 136 valence electrons. The molecule has 0 spiro atoms. The van der Waals surface area contributed by atoms with Crippen molar-refractivity contribution in [3.63, 3.8) is 0 Å². The molecule has 0 saturated heterocycles. The van der Waals surface area contributed by atoms with E-state index in [0.717, 1.165) is 22.0 Å². The molecule has 2 aromatic carbocycles. The van der Waals surface area contributed by atoms with Crippen molar-refractivity contribution in [1.29, 1.82) is 0 Å². The number of aromatic nitrogens is 3. The molecular weight excluding hydrogens is 340 g/mol. The van der Waals surface area contributed by atoms with E-state index in [1.807, 2.05) is 67.9 Å². The van der Waals surface area contributed by atoms with E-state index in [1.54, 1.807) is 0 Å². The molecular formula is C21H20N4O2. The van der Waals surface area contributed by atoms with Gasteiger partial charge in [-0.15, -0.1) is 0 Å². The standard InChI is InChI=1S/C21H20N4O2/c1-12-9-10-15-18-16(11-17(22)26)23-25(14-7-5-4-6-8-14)21(27)20(18)24(3)19(15)13(12)2/h4-10H,11H2,1-3H3,(H2,22,26). The molecule has 0 aliphatic rings. The van der Waals surface area contributed by atoms with Gasteiger partial charge in [-0.05, 0) is 37.1 Å². The van der Waals surface area contributed by atoms with Gasteiger partial charge in [0.05, 0.1) is 23.3 Å². The number of nitrogens with zero attached hydrogens (tertiary/aromatic N) is 3. The summed E-state index contributed by atoms with van der Waals surface area (Å²) in [6, 6.07) is 13.2. The first-order valence-electron chi connectivity index (χ1n) is 8.74. The van der Waals surface area contributed by atoms with Crippen LogP contribution in [0.3, 0.4) is 0 Å². The van der Waals surface area contributed by atoms with Crippen LogP contribution in [0.25, 0.3) is 27.5 Å². The second kappa shape index (κ2) is 6.09. The molecule has 2 heterocycles. The van der Waals surface area contributed by atoms with E-state index in [-0.39, 0.29) is 12.0 Å². The van der Waals surface area contributed by atoms with Gasteiger partial charge in [-0.1, -0.05) is 30.3 Å². The molecule has 0 fully saturated rings. The van der Waals surface area contributed by atoms with Gasteiger partial charge >= 0.3 is 0 Å². The normalized spacial score (nSPS) is 11.4. The van der Waals surface area contributed by atoms with Gasteiger partial charge in [-0.25, -0.2) is 0 Å². The zero-order valence-electron chi connectivity index (χ0n) is 15.5. The molecule has 2 aromatic heterocycles. The Balaban J connectivity index is 2.23. The van der Waals surface area contributed by atoms with Crippen LogP contribution in [0, 0.1) is 13.8 Å². The fraction of sp³-hybridized carbons (Fsp3) is 0.190. The molecule has 0 bridgehead atoms. The summed E-state index contributed by atoms with van der Waals surface area (Å²) in [4.78, 5) is 25.0. The van der Waals surface area contributed by atoms with Gasteiger partial charge in [0.2, 0.25) is 5.91 Å². The lowest BCUT2D eigenvalue weighted by Crippen LogP contribution is -2.26. The molecule has 4 rings (SSSR count). The molecule has 0 atom stereocenters. The summed E-state index contributed by atoms with van der Waals surface area (Å²) in [6.45, 7) is 4.07. The number of rotatable bonds is 3. The Morgan fingerprint density at radius 2 is 1.78 bits per heavy atom. The number of benzene rings is 2. The first kappa shape index (κ1) is 17.0. The van der Waals surface area contributed by atoms with E-state index in [4.69, 9.17) is 5.73 Å². The molecule has 27 heavy (non-hydrogen) atoms. The summed E-state index contributed by atoms with van der Waals surface area (Å²) < 4.78 is 3.25. The van der Waals surface area contributed by atoms with Crippen molar-refractivity contribution < 1.29 is 4.79 Å². The second-order valence-corrected chi connectivity index (χ2v) is 6.83. The maximum absolute atomic E-state index is 13.3. The Kier molecular flexibility index (Phi) is 3.84. The van der Waals surface area contributed by atoms with Crippen LogP contribution < -0.4 is 11.3 Å². The lowest BCUT2D eigenvalue weighted by molar-refractivity contribution is -0.117. The van der Waals surface area contributed by atoms with E-state index in [2.05, 4.69) is 5.10 Å². The second-order valence-electron chi connectivity index (χ2n) is 6.83. The number of fused-ring (bicyclic) bond motifs is 3. The Labute approximate surface area is 155 Å². The number of primary amides is 1. The monoisotopic (exact) mass is 360 g/mol. The van der Waals surface area contributed by atoms with Gasteiger partial charge in [-0.3, -0.25) is 9.59 Å². The van der Waals surface area contributed by atoms with Gasteiger partial charge in [-0.2, -0.15) is 9.78 Å². The van der Waals surface area contributed by atoms with Crippen molar-refractivity contribution >= 4 is 27.7 Å². The summed E-state index contributed by atoms with van der Waals surface area (Å²) in [5.41, 5.74) is 10.1. The predicted molar refractivity (Wildman–Crippen MR) is 106 cm³/mol. The number of para-hydroxylation sites is 1. The number of amides is 1. The third kappa shape index (κ3) is 2.52. The van der Waals surface area contributed by atoms with Crippen LogP contribution in [0.5, 0.6) is 0 Å². The lowest BCUT2D eigenvalue weighted by atomic mass is 10.0. The van der Waals surface area contributed by atoms with E-state index in [1.165, 1.54) is 4.68 Å². The summed E-state index contributed by atoms with van der Waals surface area (Å²) >= 11 is 0. The maximum Gasteiger partial charge on any atom is 0.296 e. The quantitative estimate of drug-likeness (QED) is 0.609. The highest BCUT2D eigenvalue weighted by Crippen LogP contribution is 2.32. The van der Waals surface area contributed by atoms with Gasteiger partial charge in [0, 0.05) is 17.8 Å². The van der Waals surface area contributed by atoms with Crippen molar-refractivity contribution in [3.8, 4) is 5.69 Å². The minimum absolute atomic E-state index is 0.0321. The largest absolute Gasteiger partial charge is 0.369 e. The topological polar surface area (TPSA) is 82.9 Å².